The minimum Gasteiger partial charge on any atom is -0.361 e. The van der Waals surface area contributed by atoms with Gasteiger partial charge in [-0.05, 0) is 0 Å². The number of aromatic nitrogens is 1. The Bertz CT molecular complexity index is 303. The van der Waals surface area contributed by atoms with E-state index in [0.717, 1.165) is 38.5 Å². The number of rotatable bonds is 3. The average Bonchev–Trinajstić information content (AvgIpc) is 2.67. The van der Waals surface area contributed by atoms with Crippen LogP contribution in [0.4, 0.5) is 0 Å². The van der Waals surface area contributed by atoms with Gasteiger partial charge in [0.1, 0.15) is 5.76 Å². The van der Waals surface area contributed by atoms with Gasteiger partial charge in [0.2, 0.25) is 0 Å². The minimum absolute atomic E-state index is 0.422. The van der Waals surface area contributed by atoms with E-state index in [-0.39, 0.29) is 0 Å². The van der Waals surface area contributed by atoms with E-state index < -0.39 is 0 Å². The maximum atomic E-state index is 5.28. The molecule has 0 atom stereocenters. The zero-order chi connectivity index (χ0) is 10.7. The van der Waals surface area contributed by atoms with E-state index in [4.69, 9.17) is 4.52 Å². The van der Waals surface area contributed by atoms with Gasteiger partial charge in [0.15, 0.2) is 0 Å². The lowest BCUT2D eigenvalue weighted by Crippen LogP contribution is -2.42. The first-order valence-corrected chi connectivity index (χ1v) is 5.64. The van der Waals surface area contributed by atoms with Crippen LogP contribution >= 0.6 is 0 Å². The summed E-state index contributed by atoms with van der Waals surface area (Å²) >= 11 is 0. The molecule has 0 bridgehead atoms. The van der Waals surface area contributed by atoms with Crippen molar-refractivity contribution in [2.45, 2.75) is 26.3 Å². The van der Waals surface area contributed by atoms with Gasteiger partial charge in [0.25, 0.3) is 0 Å². The van der Waals surface area contributed by atoms with E-state index in [0.29, 0.717) is 5.92 Å². The van der Waals surface area contributed by atoms with Gasteiger partial charge in [-0.1, -0.05) is 19.0 Å². The smallest absolute Gasteiger partial charge is 0.143 e. The number of nitrogens with zero attached hydrogens (tertiary/aromatic N) is 2. The molecule has 0 aromatic carbocycles. The Kier molecular flexibility index (Phi) is 3.38. The van der Waals surface area contributed by atoms with Gasteiger partial charge >= 0.3 is 0 Å². The molecular weight excluding hydrogens is 190 g/mol. The van der Waals surface area contributed by atoms with Gasteiger partial charge in [-0.15, -0.1) is 0 Å². The second-order valence-corrected chi connectivity index (χ2v) is 4.40. The van der Waals surface area contributed by atoms with Crippen molar-refractivity contribution in [3.05, 3.63) is 17.5 Å². The summed E-state index contributed by atoms with van der Waals surface area (Å²) < 4.78 is 5.28. The lowest BCUT2D eigenvalue weighted by Gasteiger charge is -2.26. The molecule has 1 N–H and O–H groups in total. The van der Waals surface area contributed by atoms with E-state index in [9.17, 15) is 0 Å². The Morgan fingerprint density at radius 3 is 2.87 bits per heavy atom. The number of hydrogen-bond donors (Lipinski definition) is 1. The first-order valence-electron chi connectivity index (χ1n) is 5.64. The molecule has 1 aromatic rings. The van der Waals surface area contributed by atoms with Crippen LogP contribution in [0.15, 0.2) is 10.7 Å². The van der Waals surface area contributed by atoms with Crippen LogP contribution in [0, 0.1) is 0 Å². The molecule has 1 fully saturated rings. The molecule has 0 unspecified atom stereocenters. The van der Waals surface area contributed by atoms with Crippen molar-refractivity contribution in [1.82, 2.24) is 15.4 Å². The van der Waals surface area contributed by atoms with Gasteiger partial charge in [0.05, 0.1) is 6.20 Å². The fourth-order valence-corrected chi connectivity index (χ4v) is 1.97. The summed E-state index contributed by atoms with van der Waals surface area (Å²) in [4.78, 5) is 2.44. The monoisotopic (exact) mass is 209 g/mol. The lowest BCUT2D eigenvalue weighted by atomic mass is 10.1. The quantitative estimate of drug-likeness (QED) is 0.812. The van der Waals surface area contributed by atoms with Crippen LogP contribution in [0.1, 0.15) is 31.1 Å². The normalized spacial score (nSPS) is 18.6. The van der Waals surface area contributed by atoms with Crippen molar-refractivity contribution < 1.29 is 4.52 Å². The molecule has 1 saturated heterocycles. The third kappa shape index (κ3) is 2.58. The third-order valence-electron chi connectivity index (χ3n) is 2.80. The molecule has 0 saturated carbocycles. The van der Waals surface area contributed by atoms with Crippen LogP contribution in [0.5, 0.6) is 0 Å². The number of hydrogen-bond acceptors (Lipinski definition) is 4. The summed E-state index contributed by atoms with van der Waals surface area (Å²) in [5.41, 5.74) is 1.24. The fraction of sp³-hybridized carbons (Fsp3) is 0.727. The highest BCUT2D eigenvalue weighted by Crippen LogP contribution is 2.20. The second kappa shape index (κ2) is 4.77. The van der Waals surface area contributed by atoms with Crippen LogP contribution in [0.3, 0.4) is 0 Å². The summed E-state index contributed by atoms with van der Waals surface area (Å²) in [7, 11) is 0. The molecule has 0 amide bonds. The van der Waals surface area contributed by atoms with Crippen molar-refractivity contribution in [3.63, 3.8) is 0 Å². The molecule has 0 radical (unpaired) electrons. The zero-order valence-corrected chi connectivity index (χ0v) is 9.49. The predicted octanol–water partition coefficient (Wildman–Crippen LogP) is 1.20. The SMILES string of the molecule is CC(C)c1oncc1CN1CCNCC1. The second-order valence-electron chi connectivity index (χ2n) is 4.40. The molecule has 0 aliphatic carbocycles. The van der Waals surface area contributed by atoms with Crippen molar-refractivity contribution in [2.75, 3.05) is 26.2 Å². The molecule has 84 valence electrons. The Hall–Kier alpha value is -0.870. The lowest BCUT2D eigenvalue weighted by molar-refractivity contribution is 0.231. The number of piperazine rings is 1. The summed E-state index contributed by atoms with van der Waals surface area (Å²) in [5, 5.41) is 7.24. The van der Waals surface area contributed by atoms with Crippen molar-refractivity contribution >= 4 is 0 Å². The summed E-state index contributed by atoms with van der Waals surface area (Å²) in [6.07, 6.45) is 1.86. The summed E-state index contributed by atoms with van der Waals surface area (Å²) in [6.45, 7) is 9.65. The van der Waals surface area contributed by atoms with Gasteiger partial charge in [-0.3, -0.25) is 4.90 Å². The molecule has 1 aliphatic heterocycles. The van der Waals surface area contributed by atoms with Crippen LogP contribution < -0.4 is 5.32 Å². The van der Waals surface area contributed by atoms with Crippen molar-refractivity contribution in [1.29, 1.82) is 0 Å². The van der Waals surface area contributed by atoms with Crippen LogP contribution in [0.25, 0.3) is 0 Å². The maximum Gasteiger partial charge on any atom is 0.143 e. The van der Waals surface area contributed by atoms with Gasteiger partial charge in [-0.25, -0.2) is 0 Å². The molecular formula is C11H19N3O. The average molecular weight is 209 g/mol. The fourth-order valence-electron chi connectivity index (χ4n) is 1.97. The van der Waals surface area contributed by atoms with E-state index in [2.05, 4.69) is 29.2 Å². The number of nitrogens with one attached hydrogen (secondary N) is 1. The highest BCUT2D eigenvalue weighted by Gasteiger charge is 2.16. The van der Waals surface area contributed by atoms with Crippen LogP contribution in [-0.2, 0) is 6.54 Å². The summed E-state index contributed by atoms with van der Waals surface area (Å²) in [6, 6.07) is 0. The minimum atomic E-state index is 0.422. The Morgan fingerprint density at radius 2 is 2.20 bits per heavy atom. The molecule has 4 nitrogen and oxygen atoms in total. The zero-order valence-electron chi connectivity index (χ0n) is 9.49. The van der Waals surface area contributed by atoms with Crippen LogP contribution in [0.2, 0.25) is 0 Å². The highest BCUT2D eigenvalue weighted by molar-refractivity contribution is 5.16. The molecule has 2 rings (SSSR count). The first-order chi connectivity index (χ1) is 7.27. The molecule has 15 heavy (non-hydrogen) atoms. The Balaban J connectivity index is 1.99. The molecule has 1 aromatic heterocycles. The van der Waals surface area contributed by atoms with E-state index >= 15 is 0 Å². The summed E-state index contributed by atoms with van der Waals surface area (Å²) in [5.74, 6) is 1.46. The third-order valence-corrected chi connectivity index (χ3v) is 2.80. The van der Waals surface area contributed by atoms with Gasteiger partial charge in [-0.2, -0.15) is 0 Å². The molecule has 4 heteroatoms. The van der Waals surface area contributed by atoms with E-state index in [1.54, 1.807) is 0 Å². The highest BCUT2D eigenvalue weighted by atomic mass is 16.5. The van der Waals surface area contributed by atoms with E-state index in [1.165, 1.54) is 5.56 Å². The maximum absolute atomic E-state index is 5.28. The first kappa shape index (κ1) is 10.6. The Labute approximate surface area is 90.6 Å². The van der Waals surface area contributed by atoms with Gasteiger partial charge in [0, 0.05) is 44.2 Å². The van der Waals surface area contributed by atoms with Crippen molar-refractivity contribution in [3.8, 4) is 0 Å². The predicted molar refractivity (Wildman–Crippen MR) is 58.7 cm³/mol. The molecule has 0 spiro atoms. The molecule has 2 heterocycles. The van der Waals surface area contributed by atoms with Gasteiger partial charge < -0.3 is 9.84 Å². The topological polar surface area (TPSA) is 41.3 Å². The Morgan fingerprint density at radius 1 is 1.47 bits per heavy atom. The van der Waals surface area contributed by atoms with E-state index in [1.807, 2.05) is 6.20 Å². The largest absolute Gasteiger partial charge is 0.361 e. The van der Waals surface area contributed by atoms with Crippen molar-refractivity contribution in [2.24, 2.45) is 0 Å². The standard InChI is InChI=1S/C11H19N3O/c1-9(2)11-10(7-13-15-11)8-14-5-3-12-4-6-14/h7,9,12H,3-6,8H2,1-2H3. The molecule has 1 aliphatic rings. The van der Waals surface area contributed by atoms with Crippen LogP contribution in [-0.4, -0.2) is 36.2 Å².